The molecule has 0 aromatic carbocycles. The Morgan fingerprint density at radius 1 is 1.35 bits per heavy atom. The average molecular weight is 252 g/mol. The molecule has 17 heavy (non-hydrogen) atoms. The molecule has 3 atom stereocenters. The fraction of sp³-hybridized carbons (Fsp3) is 0.786. The molecular weight excluding hydrogens is 228 g/mol. The lowest BCUT2D eigenvalue weighted by Crippen LogP contribution is -2.37. The number of hydrogen-bond donors (Lipinski definition) is 1. The van der Waals surface area contributed by atoms with Crippen molar-refractivity contribution in [3.8, 4) is 0 Å². The molecule has 0 aliphatic heterocycles. The molecule has 2 nitrogen and oxygen atoms in total. The summed E-state index contributed by atoms with van der Waals surface area (Å²) in [6, 6.07) is 0.745. The smallest absolute Gasteiger partial charge is 0.0797 e. The fourth-order valence-corrected chi connectivity index (χ4v) is 3.47. The molecule has 1 saturated carbocycles. The van der Waals surface area contributed by atoms with Crippen LogP contribution >= 0.6 is 11.3 Å². The van der Waals surface area contributed by atoms with Crippen molar-refractivity contribution >= 4 is 11.3 Å². The first-order valence-electron chi connectivity index (χ1n) is 6.79. The molecule has 1 aromatic rings. The van der Waals surface area contributed by atoms with Gasteiger partial charge in [-0.05, 0) is 44.4 Å². The largest absolute Gasteiger partial charge is 0.314 e. The third-order valence-corrected chi connectivity index (χ3v) is 5.22. The molecule has 2 rings (SSSR count). The van der Waals surface area contributed by atoms with Crippen LogP contribution in [0.2, 0.25) is 0 Å². The zero-order valence-electron chi connectivity index (χ0n) is 11.2. The second-order valence-electron chi connectivity index (χ2n) is 5.53. The van der Waals surface area contributed by atoms with Crippen LogP contribution in [0.15, 0.2) is 5.51 Å². The van der Waals surface area contributed by atoms with Gasteiger partial charge in [0.15, 0.2) is 0 Å². The highest BCUT2D eigenvalue weighted by Crippen LogP contribution is 2.29. The van der Waals surface area contributed by atoms with Crippen molar-refractivity contribution in [2.24, 2.45) is 11.8 Å². The van der Waals surface area contributed by atoms with Gasteiger partial charge < -0.3 is 5.32 Å². The molecule has 1 fully saturated rings. The summed E-state index contributed by atoms with van der Waals surface area (Å²) in [5.74, 6) is 1.79. The lowest BCUT2D eigenvalue weighted by Gasteiger charge is -2.32. The molecule has 3 heteroatoms. The van der Waals surface area contributed by atoms with Gasteiger partial charge >= 0.3 is 0 Å². The summed E-state index contributed by atoms with van der Waals surface area (Å²) in [7, 11) is 0. The third kappa shape index (κ3) is 3.52. The van der Waals surface area contributed by atoms with Crippen molar-refractivity contribution in [1.82, 2.24) is 10.3 Å². The van der Waals surface area contributed by atoms with Gasteiger partial charge in [-0.1, -0.05) is 13.8 Å². The Labute approximate surface area is 109 Å². The maximum atomic E-state index is 4.29. The SMILES string of the molecule is Cc1ncsc1CCNC1CCC(C)C(C)C1. The summed E-state index contributed by atoms with van der Waals surface area (Å²) in [4.78, 5) is 5.73. The highest BCUT2D eigenvalue weighted by Gasteiger charge is 2.23. The number of aromatic nitrogens is 1. The van der Waals surface area contributed by atoms with Crippen LogP contribution in [0.3, 0.4) is 0 Å². The first kappa shape index (κ1) is 13.0. The molecule has 0 radical (unpaired) electrons. The first-order chi connectivity index (χ1) is 8.16. The molecule has 0 bridgehead atoms. The number of nitrogens with zero attached hydrogens (tertiary/aromatic N) is 1. The standard InChI is InChI=1S/C14H24N2S/c1-10-4-5-13(8-11(10)2)15-7-6-14-12(3)16-9-17-14/h9-11,13,15H,4-8H2,1-3H3. The van der Waals surface area contributed by atoms with Gasteiger partial charge in [-0.15, -0.1) is 11.3 Å². The maximum Gasteiger partial charge on any atom is 0.0797 e. The van der Waals surface area contributed by atoms with E-state index >= 15 is 0 Å². The topological polar surface area (TPSA) is 24.9 Å². The summed E-state index contributed by atoms with van der Waals surface area (Å²) in [6.45, 7) is 8.00. The number of aryl methyl sites for hydroxylation is 1. The molecule has 1 aromatic heterocycles. The third-order valence-electron chi connectivity index (χ3n) is 4.23. The summed E-state index contributed by atoms with van der Waals surface area (Å²) in [6.07, 6.45) is 5.23. The van der Waals surface area contributed by atoms with Crippen LogP contribution in [0, 0.1) is 18.8 Å². The minimum absolute atomic E-state index is 0.745. The van der Waals surface area contributed by atoms with E-state index in [2.05, 4.69) is 31.1 Å². The molecular formula is C14H24N2S. The van der Waals surface area contributed by atoms with Gasteiger partial charge in [0.05, 0.1) is 11.2 Å². The molecule has 0 saturated heterocycles. The summed E-state index contributed by atoms with van der Waals surface area (Å²) >= 11 is 1.79. The highest BCUT2D eigenvalue weighted by molar-refractivity contribution is 7.09. The lowest BCUT2D eigenvalue weighted by molar-refractivity contribution is 0.227. The predicted molar refractivity (Wildman–Crippen MR) is 74.5 cm³/mol. The van der Waals surface area contributed by atoms with E-state index in [4.69, 9.17) is 0 Å². The zero-order chi connectivity index (χ0) is 12.3. The molecule has 1 heterocycles. The van der Waals surface area contributed by atoms with E-state index in [0.717, 1.165) is 30.8 Å². The summed E-state index contributed by atoms with van der Waals surface area (Å²) in [5, 5.41) is 3.72. The van der Waals surface area contributed by atoms with Crippen LogP contribution in [0.5, 0.6) is 0 Å². The first-order valence-corrected chi connectivity index (χ1v) is 7.67. The molecule has 0 spiro atoms. The quantitative estimate of drug-likeness (QED) is 0.888. The van der Waals surface area contributed by atoms with Crippen LogP contribution in [0.4, 0.5) is 0 Å². The van der Waals surface area contributed by atoms with Crippen molar-refractivity contribution < 1.29 is 0 Å². The Morgan fingerprint density at radius 2 is 2.18 bits per heavy atom. The minimum atomic E-state index is 0.745. The van der Waals surface area contributed by atoms with Crippen molar-refractivity contribution in [2.45, 2.75) is 52.5 Å². The number of nitrogens with one attached hydrogen (secondary N) is 1. The summed E-state index contributed by atoms with van der Waals surface area (Å²) < 4.78 is 0. The van der Waals surface area contributed by atoms with Crippen molar-refractivity contribution in [1.29, 1.82) is 0 Å². The van der Waals surface area contributed by atoms with Crippen molar-refractivity contribution in [3.05, 3.63) is 16.1 Å². The Hall–Kier alpha value is -0.410. The van der Waals surface area contributed by atoms with E-state index < -0.39 is 0 Å². The van der Waals surface area contributed by atoms with E-state index in [0.29, 0.717) is 0 Å². The highest BCUT2D eigenvalue weighted by atomic mass is 32.1. The summed E-state index contributed by atoms with van der Waals surface area (Å²) in [5.41, 5.74) is 3.16. The predicted octanol–water partition coefficient (Wildman–Crippen LogP) is 3.41. The second kappa shape index (κ2) is 5.96. The van der Waals surface area contributed by atoms with Crippen molar-refractivity contribution in [2.75, 3.05) is 6.54 Å². The number of rotatable bonds is 4. The maximum absolute atomic E-state index is 4.29. The van der Waals surface area contributed by atoms with Crippen LogP contribution in [0.1, 0.15) is 43.7 Å². The van der Waals surface area contributed by atoms with E-state index in [1.54, 1.807) is 11.3 Å². The Kier molecular flexibility index (Phi) is 4.57. The monoisotopic (exact) mass is 252 g/mol. The Balaban J connectivity index is 1.71. The van der Waals surface area contributed by atoms with Gasteiger partial charge in [-0.2, -0.15) is 0 Å². The van der Waals surface area contributed by atoms with Gasteiger partial charge in [0.25, 0.3) is 0 Å². The molecule has 1 aliphatic rings. The second-order valence-corrected chi connectivity index (χ2v) is 6.47. The van der Waals surface area contributed by atoms with Crippen LogP contribution in [0.25, 0.3) is 0 Å². The van der Waals surface area contributed by atoms with E-state index in [1.807, 2.05) is 5.51 Å². The molecule has 3 unspecified atom stereocenters. The van der Waals surface area contributed by atoms with E-state index in [1.165, 1.54) is 29.8 Å². The zero-order valence-corrected chi connectivity index (χ0v) is 12.0. The molecule has 96 valence electrons. The Bertz CT molecular complexity index is 348. The van der Waals surface area contributed by atoms with Gasteiger partial charge in [-0.25, -0.2) is 4.98 Å². The van der Waals surface area contributed by atoms with E-state index in [-0.39, 0.29) is 0 Å². The average Bonchev–Trinajstić information content (AvgIpc) is 2.70. The minimum Gasteiger partial charge on any atom is -0.314 e. The van der Waals surface area contributed by atoms with Crippen LogP contribution < -0.4 is 5.32 Å². The fourth-order valence-electron chi connectivity index (χ4n) is 2.69. The normalized spacial score (nSPS) is 29.5. The molecule has 1 N–H and O–H groups in total. The molecule has 0 amide bonds. The van der Waals surface area contributed by atoms with Crippen LogP contribution in [-0.4, -0.2) is 17.6 Å². The van der Waals surface area contributed by atoms with E-state index in [9.17, 15) is 0 Å². The Morgan fingerprint density at radius 3 is 2.82 bits per heavy atom. The van der Waals surface area contributed by atoms with Crippen molar-refractivity contribution in [3.63, 3.8) is 0 Å². The number of thiazole rings is 1. The van der Waals surface area contributed by atoms with Gasteiger partial charge in [0.1, 0.15) is 0 Å². The van der Waals surface area contributed by atoms with Crippen LogP contribution in [-0.2, 0) is 6.42 Å². The molecule has 1 aliphatic carbocycles. The van der Waals surface area contributed by atoms with Gasteiger partial charge in [-0.3, -0.25) is 0 Å². The van der Waals surface area contributed by atoms with Gasteiger partial charge in [0, 0.05) is 17.5 Å². The van der Waals surface area contributed by atoms with Gasteiger partial charge in [0.2, 0.25) is 0 Å². The number of hydrogen-bond acceptors (Lipinski definition) is 3. The lowest BCUT2D eigenvalue weighted by atomic mass is 9.79.